The molecular formula is C25H25ClN2O4. The number of ether oxygens (including phenoxy) is 2. The van der Waals surface area contributed by atoms with Crippen molar-refractivity contribution in [1.82, 2.24) is 5.32 Å². The van der Waals surface area contributed by atoms with E-state index in [1.807, 2.05) is 36.4 Å². The molecule has 0 spiro atoms. The highest BCUT2D eigenvalue weighted by Crippen LogP contribution is 2.36. The quantitative estimate of drug-likeness (QED) is 0.483. The minimum absolute atomic E-state index is 0.153. The third-order valence-electron chi connectivity index (χ3n) is 4.97. The number of nitrogens with one attached hydrogen (secondary N) is 1. The largest absolute Gasteiger partial charge is 0.493 e. The summed E-state index contributed by atoms with van der Waals surface area (Å²) in [4.78, 5) is 23.7. The van der Waals surface area contributed by atoms with Crippen LogP contribution in [0.5, 0.6) is 11.5 Å². The van der Waals surface area contributed by atoms with E-state index in [1.54, 1.807) is 0 Å². The predicted molar refractivity (Wildman–Crippen MR) is 124 cm³/mol. The fourth-order valence-corrected chi connectivity index (χ4v) is 3.73. The molecule has 0 radical (unpaired) electrons. The lowest BCUT2D eigenvalue weighted by Gasteiger charge is -2.19. The number of nitrogens with two attached hydrogens (primary N) is 1. The fourth-order valence-electron chi connectivity index (χ4n) is 3.46. The van der Waals surface area contributed by atoms with Crippen molar-refractivity contribution >= 4 is 23.4 Å². The maximum absolute atomic E-state index is 12.8. The molecule has 0 heterocycles. The SMILES string of the molecule is COc1cc(C(=O)NCCC(c2ccccc2)c2ccccc2)cc(Cl)c1OCC(N)=O. The van der Waals surface area contributed by atoms with Crippen LogP contribution in [0.1, 0.15) is 33.8 Å². The van der Waals surface area contributed by atoms with Gasteiger partial charge < -0.3 is 20.5 Å². The predicted octanol–water partition coefficient (Wildman–Crippen LogP) is 4.16. The summed E-state index contributed by atoms with van der Waals surface area (Å²) in [6, 6.07) is 23.4. The Labute approximate surface area is 192 Å². The minimum atomic E-state index is -0.642. The topological polar surface area (TPSA) is 90.7 Å². The van der Waals surface area contributed by atoms with Gasteiger partial charge in [0.2, 0.25) is 0 Å². The zero-order valence-corrected chi connectivity index (χ0v) is 18.5. The number of rotatable bonds is 10. The molecule has 3 N–H and O–H groups in total. The Kier molecular flexibility index (Phi) is 8.11. The molecule has 0 aliphatic carbocycles. The summed E-state index contributed by atoms with van der Waals surface area (Å²) < 4.78 is 10.6. The molecule has 2 amide bonds. The summed E-state index contributed by atoms with van der Waals surface area (Å²) in [6.45, 7) is 0.120. The molecule has 3 rings (SSSR count). The van der Waals surface area contributed by atoms with Gasteiger partial charge in [-0.05, 0) is 29.7 Å². The summed E-state index contributed by atoms with van der Waals surface area (Å²) in [5.41, 5.74) is 7.82. The number of amides is 2. The molecule has 0 aliphatic heterocycles. The van der Waals surface area contributed by atoms with Crippen LogP contribution in [0.4, 0.5) is 0 Å². The van der Waals surface area contributed by atoms with Crippen LogP contribution in [0.15, 0.2) is 72.8 Å². The normalized spacial score (nSPS) is 10.6. The molecule has 32 heavy (non-hydrogen) atoms. The first kappa shape index (κ1) is 23.2. The van der Waals surface area contributed by atoms with E-state index >= 15 is 0 Å². The molecule has 0 unspecified atom stereocenters. The number of methoxy groups -OCH3 is 1. The van der Waals surface area contributed by atoms with E-state index in [2.05, 4.69) is 29.6 Å². The van der Waals surface area contributed by atoms with Crippen molar-refractivity contribution in [3.63, 3.8) is 0 Å². The highest BCUT2D eigenvalue weighted by atomic mass is 35.5. The Bertz CT molecular complexity index is 1020. The molecule has 166 valence electrons. The van der Waals surface area contributed by atoms with E-state index in [4.69, 9.17) is 26.8 Å². The summed E-state index contributed by atoms with van der Waals surface area (Å²) >= 11 is 6.25. The number of halogens is 1. The van der Waals surface area contributed by atoms with Gasteiger partial charge in [0.25, 0.3) is 11.8 Å². The van der Waals surface area contributed by atoms with Crippen LogP contribution in [0.3, 0.4) is 0 Å². The van der Waals surface area contributed by atoms with Crippen molar-refractivity contribution in [1.29, 1.82) is 0 Å². The molecule has 0 bridgehead atoms. The Hall–Kier alpha value is -3.51. The van der Waals surface area contributed by atoms with E-state index in [0.717, 1.165) is 6.42 Å². The molecule has 0 aliphatic rings. The maximum atomic E-state index is 12.8. The Morgan fingerprint density at radius 3 is 2.12 bits per heavy atom. The van der Waals surface area contributed by atoms with E-state index in [1.165, 1.54) is 30.4 Å². The second-order valence-corrected chi connectivity index (χ2v) is 7.57. The molecule has 3 aromatic rings. The van der Waals surface area contributed by atoms with Crippen molar-refractivity contribution < 1.29 is 19.1 Å². The van der Waals surface area contributed by atoms with E-state index in [9.17, 15) is 9.59 Å². The molecule has 0 atom stereocenters. The number of hydrogen-bond acceptors (Lipinski definition) is 4. The summed E-state index contributed by atoms with van der Waals surface area (Å²) in [7, 11) is 1.43. The van der Waals surface area contributed by atoms with Crippen LogP contribution in [0.2, 0.25) is 5.02 Å². The molecule has 7 heteroatoms. The van der Waals surface area contributed by atoms with Gasteiger partial charge in [-0.15, -0.1) is 0 Å². The van der Waals surface area contributed by atoms with Crippen LogP contribution in [-0.4, -0.2) is 32.1 Å². The van der Waals surface area contributed by atoms with Gasteiger partial charge in [0.1, 0.15) is 0 Å². The zero-order valence-electron chi connectivity index (χ0n) is 17.7. The average Bonchev–Trinajstić information content (AvgIpc) is 2.81. The average molecular weight is 453 g/mol. The maximum Gasteiger partial charge on any atom is 0.255 e. The highest BCUT2D eigenvalue weighted by molar-refractivity contribution is 6.32. The van der Waals surface area contributed by atoms with Crippen molar-refractivity contribution in [2.24, 2.45) is 5.73 Å². The van der Waals surface area contributed by atoms with Crippen molar-refractivity contribution in [2.45, 2.75) is 12.3 Å². The number of primary amides is 1. The second-order valence-electron chi connectivity index (χ2n) is 7.16. The van der Waals surface area contributed by atoms with Crippen molar-refractivity contribution in [2.75, 3.05) is 20.3 Å². The van der Waals surface area contributed by atoms with E-state index in [-0.39, 0.29) is 35.0 Å². The van der Waals surface area contributed by atoms with Crippen molar-refractivity contribution in [3.8, 4) is 11.5 Å². The zero-order chi connectivity index (χ0) is 22.9. The first-order valence-electron chi connectivity index (χ1n) is 10.2. The first-order valence-corrected chi connectivity index (χ1v) is 10.5. The van der Waals surface area contributed by atoms with Gasteiger partial charge >= 0.3 is 0 Å². The number of carbonyl (C=O) groups is 2. The summed E-state index contributed by atoms with van der Waals surface area (Å²) in [6.07, 6.45) is 0.727. The third-order valence-corrected chi connectivity index (χ3v) is 5.25. The van der Waals surface area contributed by atoms with Crippen LogP contribution < -0.4 is 20.5 Å². The van der Waals surface area contributed by atoms with Gasteiger partial charge in [0.05, 0.1) is 12.1 Å². The van der Waals surface area contributed by atoms with Crippen LogP contribution in [0, 0.1) is 0 Å². The van der Waals surface area contributed by atoms with Gasteiger partial charge in [0, 0.05) is 18.0 Å². The number of benzene rings is 3. The molecule has 0 saturated heterocycles. The molecular weight excluding hydrogens is 428 g/mol. The fraction of sp³-hybridized carbons (Fsp3) is 0.200. The van der Waals surface area contributed by atoms with Gasteiger partial charge in [-0.2, -0.15) is 0 Å². The molecule has 0 fully saturated rings. The molecule has 3 aromatic carbocycles. The van der Waals surface area contributed by atoms with Gasteiger partial charge in [-0.25, -0.2) is 0 Å². The Morgan fingerprint density at radius 1 is 1.00 bits per heavy atom. The van der Waals surface area contributed by atoms with Gasteiger partial charge in [0.15, 0.2) is 18.1 Å². The lowest BCUT2D eigenvalue weighted by Crippen LogP contribution is -2.26. The standard InChI is InChI=1S/C25H25ClN2O4/c1-31-22-15-19(14-21(26)24(22)32-16-23(27)29)25(30)28-13-12-20(17-8-4-2-5-9-17)18-10-6-3-7-11-18/h2-11,14-15,20H,12-13,16H2,1H3,(H2,27,29)(H,28,30). The smallest absolute Gasteiger partial charge is 0.255 e. The van der Waals surface area contributed by atoms with E-state index in [0.29, 0.717) is 12.1 Å². The minimum Gasteiger partial charge on any atom is -0.493 e. The van der Waals surface area contributed by atoms with Crippen LogP contribution >= 0.6 is 11.6 Å². The highest BCUT2D eigenvalue weighted by Gasteiger charge is 2.18. The second kappa shape index (κ2) is 11.2. The molecule has 0 saturated carbocycles. The lowest BCUT2D eigenvalue weighted by atomic mass is 9.88. The third kappa shape index (κ3) is 6.02. The van der Waals surface area contributed by atoms with Gasteiger partial charge in [-0.3, -0.25) is 9.59 Å². The van der Waals surface area contributed by atoms with E-state index < -0.39 is 5.91 Å². The van der Waals surface area contributed by atoms with Crippen LogP contribution in [0.25, 0.3) is 0 Å². The molecule has 0 aromatic heterocycles. The van der Waals surface area contributed by atoms with Crippen molar-refractivity contribution in [3.05, 3.63) is 94.5 Å². The van der Waals surface area contributed by atoms with Crippen LogP contribution in [-0.2, 0) is 4.79 Å². The molecule has 6 nitrogen and oxygen atoms in total. The van der Waals surface area contributed by atoms with Gasteiger partial charge in [-0.1, -0.05) is 72.3 Å². The Morgan fingerprint density at radius 2 is 1.59 bits per heavy atom. The summed E-state index contributed by atoms with van der Waals surface area (Å²) in [5, 5.41) is 3.10. The number of carbonyl (C=O) groups excluding carboxylic acids is 2. The number of hydrogen-bond donors (Lipinski definition) is 2. The first-order chi connectivity index (χ1) is 15.5. The lowest BCUT2D eigenvalue weighted by molar-refractivity contribution is -0.119. The summed E-state index contributed by atoms with van der Waals surface area (Å²) in [5.74, 6) is -0.365. The Balaban J connectivity index is 1.70. The monoisotopic (exact) mass is 452 g/mol.